The van der Waals surface area contributed by atoms with E-state index in [2.05, 4.69) is 6.92 Å². The van der Waals surface area contributed by atoms with Gasteiger partial charge in [0.25, 0.3) is 0 Å². The fourth-order valence-electron chi connectivity index (χ4n) is 2.92. The Balaban J connectivity index is 0.000000262. The molecule has 0 saturated heterocycles. The average molecular weight is 361 g/mol. The van der Waals surface area contributed by atoms with Crippen LogP contribution in [0.1, 0.15) is 71.1 Å². The number of aliphatic hydroxyl groups is 2. The molecule has 0 heterocycles. The van der Waals surface area contributed by atoms with Crippen molar-refractivity contribution < 1.29 is 10.2 Å². The number of benzene rings is 2. The van der Waals surface area contributed by atoms with Crippen molar-refractivity contribution in [3.05, 3.63) is 36.4 Å². The molecule has 146 valence electrons. The summed E-state index contributed by atoms with van der Waals surface area (Å²) in [6.07, 6.45) is 10.9. The molecule has 4 heteroatoms. The number of nitrogen functional groups attached to an aromatic ring is 2. The SMILES string of the molecule is CCCCCCCCCCCC(O)O.Nc1ccc2cc(N)ccc2c1. The van der Waals surface area contributed by atoms with Crippen molar-refractivity contribution in [3.63, 3.8) is 0 Å². The normalized spacial score (nSPS) is 10.8. The van der Waals surface area contributed by atoms with E-state index in [4.69, 9.17) is 21.7 Å². The lowest BCUT2D eigenvalue weighted by atomic mass is 10.1. The third-order valence-electron chi connectivity index (χ3n) is 4.45. The van der Waals surface area contributed by atoms with Crippen LogP contribution in [0.5, 0.6) is 0 Å². The van der Waals surface area contributed by atoms with Crippen LogP contribution < -0.4 is 11.5 Å². The quantitative estimate of drug-likeness (QED) is 0.265. The van der Waals surface area contributed by atoms with Gasteiger partial charge in [-0.15, -0.1) is 0 Å². The van der Waals surface area contributed by atoms with Gasteiger partial charge in [0.1, 0.15) is 0 Å². The summed E-state index contributed by atoms with van der Waals surface area (Å²) in [5.74, 6) is 0. The minimum Gasteiger partial charge on any atom is -0.399 e. The molecule has 2 rings (SSSR count). The zero-order chi connectivity index (χ0) is 19.2. The molecule has 0 aliphatic heterocycles. The summed E-state index contributed by atoms with van der Waals surface area (Å²) in [5.41, 5.74) is 12.8. The Morgan fingerprint density at radius 1 is 0.692 bits per heavy atom. The van der Waals surface area contributed by atoms with Gasteiger partial charge in [-0.25, -0.2) is 0 Å². The molecule has 0 atom stereocenters. The fourth-order valence-corrected chi connectivity index (χ4v) is 2.92. The van der Waals surface area contributed by atoms with Crippen molar-refractivity contribution in [2.45, 2.75) is 77.4 Å². The number of fused-ring (bicyclic) bond motifs is 1. The highest BCUT2D eigenvalue weighted by atomic mass is 16.5. The Labute approximate surface area is 158 Å². The van der Waals surface area contributed by atoms with Crippen LogP contribution in [0.4, 0.5) is 11.4 Å². The van der Waals surface area contributed by atoms with Gasteiger partial charge in [0.2, 0.25) is 0 Å². The van der Waals surface area contributed by atoms with Crippen molar-refractivity contribution in [1.82, 2.24) is 0 Å². The van der Waals surface area contributed by atoms with Crippen LogP contribution in [0.3, 0.4) is 0 Å². The predicted molar refractivity (Wildman–Crippen MR) is 113 cm³/mol. The number of nitrogens with two attached hydrogens (primary N) is 2. The number of hydrogen-bond acceptors (Lipinski definition) is 4. The largest absolute Gasteiger partial charge is 0.399 e. The maximum Gasteiger partial charge on any atom is 0.151 e. The van der Waals surface area contributed by atoms with Crippen molar-refractivity contribution in [1.29, 1.82) is 0 Å². The standard InChI is InChI=1S/C12H26O2.C10H10N2/c1-2-3-4-5-6-7-8-9-10-11-12(13)14;11-9-3-1-7-5-10(12)4-2-8(7)6-9/h12-14H,2-11H2,1H3;1-6H,11-12H2. The van der Waals surface area contributed by atoms with E-state index in [1.807, 2.05) is 36.4 Å². The highest BCUT2D eigenvalue weighted by Gasteiger charge is 1.96. The molecule has 4 nitrogen and oxygen atoms in total. The number of unbranched alkanes of at least 4 members (excludes halogenated alkanes) is 8. The van der Waals surface area contributed by atoms with Gasteiger partial charge in [0.15, 0.2) is 6.29 Å². The molecule has 0 saturated carbocycles. The highest BCUT2D eigenvalue weighted by Crippen LogP contribution is 2.19. The molecule has 0 aromatic heterocycles. The number of aliphatic hydroxyl groups excluding tert-OH is 1. The first kappa shape index (κ1) is 22.3. The Bertz CT molecular complexity index is 573. The summed E-state index contributed by atoms with van der Waals surface area (Å²) in [4.78, 5) is 0. The van der Waals surface area contributed by atoms with Crippen LogP contribution in [0.25, 0.3) is 10.8 Å². The highest BCUT2D eigenvalue weighted by molar-refractivity contribution is 5.87. The van der Waals surface area contributed by atoms with Crippen LogP contribution in [-0.2, 0) is 0 Å². The van der Waals surface area contributed by atoms with E-state index in [-0.39, 0.29) is 0 Å². The van der Waals surface area contributed by atoms with Gasteiger partial charge in [0.05, 0.1) is 0 Å². The molecule has 0 aliphatic rings. The zero-order valence-electron chi connectivity index (χ0n) is 16.2. The van der Waals surface area contributed by atoms with Gasteiger partial charge >= 0.3 is 0 Å². The Kier molecular flexibility index (Phi) is 11.5. The molecule has 26 heavy (non-hydrogen) atoms. The van der Waals surface area contributed by atoms with Crippen LogP contribution in [0.15, 0.2) is 36.4 Å². The molecule has 0 fully saturated rings. The zero-order valence-corrected chi connectivity index (χ0v) is 16.2. The third kappa shape index (κ3) is 10.3. The van der Waals surface area contributed by atoms with E-state index < -0.39 is 6.29 Å². The fraction of sp³-hybridized carbons (Fsp3) is 0.545. The lowest BCUT2D eigenvalue weighted by Gasteiger charge is -2.03. The average Bonchev–Trinajstić information content (AvgIpc) is 2.61. The molecule has 2 aromatic rings. The monoisotopic (exact) mass is 360 g/mol. The first-order chi connectivity index (χ1) is 12.5. The lowest BCUT2D eigenvalue weighted by molar-refractivity contribution is -0.0466. The molecule has 6 N–H and O–H groups in total. The second kappa shape index (κ2) is 13.4. The maximum absolute atomic E-state index is 8.61. The number of anilines is 2. The van der Waals surface area contributed by atoms with Gasteiger partial charge in [0, 0.05) is 11.4 Å². The second-order valence-corrected chi connectivity index (χ2v) is 6.96. The van der Waals surface area contributed by atoms with Gasteiger partial charge in [-0.3, -0.25) is 0 Å². The van der Waals surface area contributed by atoms with Crippen molar-refractivity contribution in [3.8, 4) is 0 Å². The Morgan fingerprint density at radius 2 is 1.12 bits per heavy atom. The van der Waals surface area contributed by atoms with Crippen LogP contribution in [0, 0.1) is 0 Å². The van der Waals surface area contributed by atoms with E-state index in [1.165, 1.54) is 44.9 Å². The van der Waals surface area contributed by atoms with E-state index in [1.54, 1.807) is 0 Å². The van der Waals surface area contributed by atoms with Crippen molar-refractivity contribution in [2.75, 3.05) is 11.5 Å². The first-order valence-electron chi connectivity index (χ1n) is 9.94. The number of rotatable bonds is 10. The molecular formula is C22H36N2O2. The van der Waals surface area contributed by atoms with Gasteiger partial charge in [-0.05, 0) is 47.9 Å². The minimum absolute atomic E-state index is 0.538. The summed E-state index contributed by atoms with van der Waals surface area (Å²) >= 11 is 0. The van der Waals surface area contributed by atoms with E-state index in [9.17, 15) is 0 Å². The van der Waals surface area contributed by atoms with Crippen molar-refractivity contribution in [2.24, 2.45) is 0 Å². The molecule has 0 amide bonds. The maximum atomic E-state index is 8.61. The third-order valence-corrected chi connectivity index (χ3v) is 4.45. The van der Waals surface area contributed by atoms with Gasteiger partial charge < -0.3 is 21.7 Å². The van der Waals surface area contributed by atoms with Crippen LogP contribution >= 0.6 is 0 Å². The van der Waals surface area contributed by atoms with Gasteiger partial charge in [-0.2, -0.15) is 0 Å². The molecule has 0 spiro atoms. The van der Waals surface area contributed by atoms with Crippen molar-refractivity contribution >= 4 is 22.1 Å². The smallest absolute Gasteiger partial charge is 0.151 e. The van der Waals surface area contributed by atoms with E-state index in [0.29, 0.717) is 6.42 Å². The summed E-state index contributed by atoms with van der Waals surface area (Å²) in [5, 5.41) is 19.5. The molecule has 0 radical (unpaired) electrons. The Morgan fingerprint density at radius 3 is 1.54 bits per heavy atom. The summed E-state index contributed by atoms with van der Waals surface area (Å²) in [6, 6.07) is 11.6. The first-order valence-corrected chi connectivity index (χ1v) is 9.94. The van der Waals surface area contributed by atoms with E-state index in [0.717, 1.165) is 35.0 Å². The second-order valence-electron chi connectivity index (χ2n) is 6.96. The molecule has 2 aromatic carbocycles. The number of hydrogen-bond donors (Lipinski definition) is 4. The van der Waals surface area contributed by atoms with Gasteiger partial charge in [-0.1, -0.05) is 70.4 Å². The molecular weight excluding hydrogens is 324 g/mol. The summed E-state index contributed by atoms with van der Waals surface area (Å²) in [7, 11) is 0. The molecule has 0 bridgehead atoms. The molecule has 0 unspecified atom stereocenters. The minimum atomic E-state index is -1.10. The van der Waals surface area contributed by atoms with Crippen LogP contribution in [0.2, 0.25) is 0 Å². The Hall–Kier alpha value is -1.78. The topological polar surface area (TPSA) is 92.5 Å². The molecule has 0 aliphatic carbocycles. The van der Waals surface area contributed by atoms with Crippen LogP contribution in [-0.4, -0.2) is 16.5 Å². The van der Waals surface area contributed by atoms with E-state index >= 15 is 0 Å². The summed E-state index contributed by atoms with van der Waals surface area (Å²) in [6.45, 7) is 2.24. The predicted octanol–water partition coefficient (Wildman–Crippen LogP) is 5.22. The summed E-state index contributed by atoms with van der Waals surface area (Å²) < 4.78 is 0. The lowest BCUT2D eigenvalue weighted by Crippen LogP contribution is -2.02.